The molecule has 5 heteroatoms. The summed E-state index contributed by atoms with van der Waals surface area (Å²) in [6.07, 6.45) is 0.985. The van der Waals surface area contributed by atoms with E-state index in [0.717, 1.165) is 12.1 Å². The van der Waals surface area contributed by atoms with Crippen LogP contribution < -0.4 is 15.4 Å². The van der Waals surface area contributed by atoms with E-state index in [1.807, 2.05) is 24.3 Å². The number of aryl methyl sites for hydroxylation is 1. The third-order valence-electron chi connectivity index (χ3n) is 3.20. The monoisotopic (exact) mass is 314 g/mol. The van der Waals surface area contributed by atoms with E-state index in [9.17, 15) is 4.79 Å². The normalized spacial score (nSPS) is 9.91. The minimum atomic E-state index is -0.259. The first-order valence-corrected chi connectivity index (χ1v) is 7.38. The number of anilines is 1. The van der Waals surface area contributed by atoms with E-state index in [2.05, 4.69) is 17.6 Å². The number of hydrogen-bond donors (Lipinski definition) is 2. The predicted octanol–water partition coefficient (Wildman–Crippen LogP) is 3.38. The second kappa shape index (κ2) is 7.56. The van der Waals surface area contributed by atoms with Gasteiger partial charge in [0.05, 0.1) is 7.11 Å². The molecular weight excluding hydrogens is 296 g/mol. The summed E-state index contributed by atoms with van der Waals surface area (Å²) < 4.78 is 5.06. The maximum atomic E-state index is 12.1. The minimum absolute atomic E-state index is 0.259. The van der Waals surface area contributed by atoms with Crippen LogP contribution >= 0.6 is 12.2 Å². The van der Waals surface area contributed by atoms with Crippen LogP contribution in [0.25, 0.3) is 0 Å². The Morgan fingerprint density at radius 2 is 1.73 bits per heavy atom. The molecule has 0 fully saturated rings. The number of rotatable bonds is 4. The van der Waals surface area contributed by atoms with E-state index in [1.165, 1.54) is 5.56 Å². The molecule has 0 saturated heterocycles. The van der Waals surface area contributed by atoms with Crippen LogP contribution in [-0.4, -0.2) is 18.1 Å². The van der Waals surface area contributed by atoms with Crippen molar-refractivity contribution in [1.82, 2.24) is 5.32 Å². The molecule has 4 nitrogen and oxygen atoms in total. The van der Waals surface area contributed by atoms with Crippen molar-refractivity contribution in [2.45, 2.75) is 13.3 Å². The lowest BCUT2D eigenvalue weighted by Gasteiger charge is -2.10. The van der Waals surface area contributed by atoms with Gasteiger partial charge in [-0.15, -0.1) is 0 Å². The zero-order valence-corrected chi connectivity index (χ0v) is 13.4. The van der Waals surface area contributed by atoms with E-state index in [0.29, 0.717) is 11.3 Å². The average Bonchev–Trinajstić information content (AvgIpc) is 2.55. The molecule has 2 aromatic rings. The van der Waals surface area contributed by atoms with Gasteiger partial charge in [-0.25, -0.2) is 0 Å². The van der Waals surface area contributed by atoms with E-state index in [1.54, 1.807) is 31.4 Å². The first kappa shape index (κ1) is 16.0. The van der Waals surface area contributed by atoms with Gasteiger partial charge >= 0.3 is 0 Å². The fourth-order valence-electron chi connectivity index (χ4n) is 1.90. The Hall–Kier alpha value is -2.40. The second-order valence-electron chi connectivity index (χ2n) is 4.69. The minimum Gasteiger partial charge on any atom is -0.497 e. The standard InChI is InChI=1S/C17H18N2O2S/c1-3-12-4-8-14(9-5-12)18-17(22)19-16(20)13-6-10-15(21-2)11-7-13/h4-11H,3H2,1-2H3,(H2,18,19,20,22). The Labute approximate surface area is 135 Å². The Bertz CT molecular complexity index is 651. The molecule has 0 unspecified atom stereocenters. The molecule has 0 spiro atoms. The molecule has 0 bridgehead atoms. The highest BCUT2D eigenvalue weighted by atomic mass is 32.1. The lowest BCUT2D eigenvalue weighted by molar-refractivity contribution is 0.0977. The fraction of sp³-hybridized carbons (Fsp3) is 0.176. The number of carbonyl (C=O) groups is 1. The largest absolute Gasteiger partial charge is 0.497 e. The molecule has 22 heavy (non-hydrogen) atoms. The highest BCUT2D eigenvalue weighted by Gasteiger charge is 2.08. The lowest BCUT2D eigenvalue weighted by Crippen LogP contribution is -2.34. The number of carbonyl (C=O) groups excluding carboxylic acids is 1. The first-order chi connectivity index (χ1) is 10.6. The summed E-state index contributed by atoms with van der Waals surface area (Å²) >= 11 is 5.15. The molecule has 1 amide bonds. The molecule has 0 aliphatic rings. The predicted molar refractivity (Wildman–Crippen MR) is 92.5 cm³/mol. The number of benzene rings is 2. The quantitative estimate of drug-likeness (QED) is 0.850. The van der Waals surface area contributed by atoms with Gasteiger partial charge in [-0.05, 0) is 60.6 Å². The number of nitrogens with one attached hydrogen (secondary N) is 2. The summed E-state index contributed by atoms with van der Waals surface area (Å²) in [5, 5.41) is 5.91. The number of ether oxygens (including phenoxy) is 1. The van der Waals surface area contributed by atoms with Crippen LogP contribution in [0, 0.1) is 0 Å². The van der Waals surface area contributed by atoms with E-state index >= 15 is 0 Å². The molecule has 0 aromatic heterocycles. The molecular formula is C17H18N2O2S. The summed E-state index contributed by atoms with van der Waals surface area (Å²) in [6, 6.07) is 14.8. The zero-order chi connectivity index (χ0) is 15.9. The van der Waals surface area contributed by atoms with Gasteiger partial charge in [0.1, 0.15) is 5.75 Å². The van der Waals surface area contributed by atoms with Gasteiger partial charge in [-0.2, -0.15) is 0 Å². The van der Waals surface area contributed by atoms with Crippen molar-refractivity contribution in [2.75, 3.05) is 12.4 Å². The highest BCUT2D eigenvalue weighted by Crippen LogP contribution is 2.12. The van der Waals surface area contributed by atoms with Crippen LogP contribution in [-0.2, 0) is 6.42 Å². The Morgan fingerprint density at radius 1 is 1.09 bits per heavy atom. The smallest absolute Gasteiger partial charge is 0.257 e. The summed E-state index contributed by atoms with van der Waals surface area (Å²) in [5.41, 5.74) is 2.61. The van der Waals surface area contributed by atoms with Crippen LogP contribution in [0.2, 0.25) is 0 Å². The molecule has 2 N–H and O–H groups in total. The van der Waals surface area contributed by atoms with Gasteiger partial charge in [0.2, 0.25) is 0 Å². The molecule has 0 atom stereocenters. The van der Waals surface area contributed by atoms with Crippen LogP contribution in [0.15, 0.2) is 48.5 Å². The third kappa shape index (κ3) is 4.30. The van der Waals surface area contributed by atoms with Crippen LogP contribution in [0.4, 0.5) is 5.69 Å². The van der Waals surface area contributed by atoms with Gasteiger partial charge in [-0.3, -0.25) is 10.1 Å². The molecule has 0 radical (unpaired) electrons. The van der Waals surface area contributed by atoms with Crippen LogP contribution in [0.1, 0.15) is 22.8 Å². The van der Waals surface area contributed by atoms with Crippen molar-refractivity contribution in [3.05, 3.63) is 59.7 Å². The van der Waals surface area contributed by atoms with Crippen molar-refractivity contribution < 1.29 is 9.53 Å². The Morgan fingerprint density at radius 3 is 2.27 bits per heavy atom. The molecule has 0 saturated carbocycles. The third-order valence-corrected chi connectivity index (χ3v) is 3.40. The second-order valence-corrected chi connectivity index (χ2v) is 5.10. The molecule has 0 heterocycles. The molecule has 114 valence electrons. The van der Waals surface area contributed by atoms with Crippen molar-refractivity contribution >= 4 is 28.9 Å². The van der Waals surface area contributed by atoms with Crippen LogP contribution in [0.3, 0.4) is 0 Å². The number of hydrogen-bond acceptors (Lipinski definition) is 3. The van der Waals surface area contributed by atoms with Gasteiger partial charge in [0, 0.05) is 11.3 Å². The molecule has 2 aromatic carbocycles. The van der Waals surface area contributed by atoms with Crippen molar-refractivity contribution in [2.24, 2.45) is 0 Å². The molecule has 0 aliphatic carbocycles. The van der Waals surface area contributed by atoms with Crippen molar-refractivity contribution in [3.8, 4) is 5.75 Å². The maximum absolute atomic E-state index is 12.1. The van der Waals surface area contributed by atoms with Crippen LogP contribution in [0.5, 0.6) is 5.75 Å². The summed E-state index contributed by atoms with van der Waals surface area (Å²) in [5.74, 6) is 0.443. The first-order valence-electron chi connectivity index (χ1n) is 6.97. The fourth-order valence-corrected chi connectivity index (χ4v) is 2.11. The summed E-state index contributed by atoms with van der Waals surface area (Å²) in [7, 11) is 1.58. The van der Waals surface area contributed by atoms with E-state index < -0.39 is 0 Å². The maximum Gasteiger partial charge on any atom is 0.257 e. The van der Waals surface area contributed by atoms with Gasteiger partial charge < -0.3 is 10.1 Å². The molecule has 0 aliphatic heterocycles. The summed E-state index contributed by atoms with van der Waals surface area (Å²) in [6.45, 7) is 2.10. The summed E-state index contributed by atoms with van der Waals surface area (Å²) in [4.78, 5) is 12.1. The molecule has 2 rings (SSSR count). The zero-order valence-electron chi connectivity index (χ0n) is 12.6. The van der Waals surface area contributed by atoms with Crippen molar-refractivity contribution in [1.29, 1.82) is 0 Å². The highest BCUT2D eigenvalue weighted by molar-refractivity contribution is 7.80. The van der Waals surface area contributed by atoms with Gasteiger partial charge in [0.15, 0.2) is 5.11 Å². The SMILES string of the molecule is CCc1ccc(NC(=S)NC(=O)c2ccc(OC)cc2)cc1. The van der Waals surface area contributed by atoms with Gasteiger partial charge in [0.25, 0.3) is 5.91 Å². The lowest BCUT2D eigenvalue weighted by atomic mass is 10.1. The topological polar surface area (TPSA) is 50.4 Å². The van der Waals surface area contributed by atoms with E-state index in [4.69, 9.17) is 17.0 Å². The van der Waals surface area contributed by atoms with E-state index in [-0.39, 0.29) is 11.0 Å². The average molecular weight is 314 g/mol. The van der Waals surface area contributed by atoms with Crippen molar-refractivity contribution in [3.63, 3.8) is 0 Å². The number of methoxy groups -OCH3 is 1. The number of thiocarbonyl (C=S) groups is 1. The number of amides is 1. The van der Waals surface area contributed by atoms with Gasteiger partial charge in [-0.1, -0.05) is 19.1 Å². The Kier molecular flexibility index (Phi) is 5.49. The Balaban J connectivity index is 1.93.